The van der Waals surface area contributed by atoms with E-state index in [4.69, 9.17) is 9.57 Å². The van der Waals surface area contributed by atoms with Crippen molar-refractivity contribution in [2.45, 2.75) is 45.3 Å². The third-order valence-corrected chi connectivity index (χ3v) is 4.09. The highest BCUT2D eigenvalue weighted by Gasteiger charge is 2.40. The Hall–Kier alpha value is -1.81. The summed E-state index contributed by atoms with van der Waals surface area (Å²) < 4.78 is 5.83. The summed E-state index contributed by atoms with van der Waals surface area (Å²) in [7, 11) is 0. The van der Waals surface area contributed by atoms with Gasteiger partial charge in [0.1, 0.15) is 0 Å². The van der Waals surface area contributed by atoms with Crippen LogP contribution in [0.25, 0.3) is 0 Å². The van der Waals surface area contributed by atoms with Gasteiger partial charge in [-0.15, -0.1) is 6.58 Å². The van der Waals surface area contributed by atoms with Crippen LogP contribution in [0, 0.1) is 11.1 Å². The summed E-state index contributed by atoms with van der Waals surface area (Å²) in [6.45, 7) is 8.38. The van der Waals surface area contributed by atoms with Gasteiger partial charge in [-0.3, -0.25) is 5.21 Å². The molecule has 0 fully saturated rings. The van der Waals surface area contributed by atoms with Crippen LogP contribution in [0.4, 0.5) is 0 Å². The molecule has 1 aromatic carbocycles. The molecule has 1 aromatic rings. The molecule has 0 aliphatic carbocycles. The second kappa shape index (κ2) is 7.99. The van der Waals surface area contributed by atoms with Gasteiger partial charge in [0.15, 0.2) is 6.29 Å². The van der Waals surface area contributed by atoms with Crippen molar-refractivity contribution in [2.75, 3.05) is 6.61 Å². The Labute approximate surface area is 132 Å². The highest BCUT2D eigenvalue weighted by Crippen LogP contribution is 2.36. The smallest absolute Gasteiger partial charge is 0.226 e. The largest absolute Gasteiger partial charge is 0.372 e. The molecule has 0 amide bonds. The minimum Gasteiger partial charge on any atom is -0.372 e. The fourth-order valence-electron chi connectivity index (χ4n) is 2.92. The summed E-state index contributed by atoms with van der Waals surface area (Å²) in [6.07, 6.45) is 4.08. The minimum absolute atomic E-state index is 0.0166. The lowest BCUT2D eigenvalue weighted by Gasteiger charge is -2.37. The first kappa shape index (κ1) is 16.6. The quantitative estimate of drug-likeness (QED) is 0.434. The molecule has 22 heavy (non-hydrogen) atoms. The Kier molecular flexibility index (Phi) is 6.01. The number of allylic oxidation sites excluding steroid dienone is 1. The molecule has 0 saturated carbocycles. The number of benzene rings is 1. The first-order valence-electron chi connectivity index (χ1n) is 7.94. The summed E-state index contributed by atoms with van der Waals surface area (Å²) in [5.41, 5.74) is 1.77. The van der Waals surface area contributed by atoms with Crippen LogP contribution in [-0.2, 0) is 9.57 Å². The maximum Gasteiger partial charge on any atom is 0.226 e. The van der Waals surface area contributed by atoms with Crippen LogP contribution in [0.2, 0.25) is 0 Å². The number of hydrogen-bond donors (Lipinski definition) is 0. The lowest BCUT2D eigenvalue weighted by Crippen LogP contribution is -2.43. The van der Waals surface area contributed by atoms with Crippen molar-refractivity contribution in [3.8, 4) is 0 Å². The van der Waals surface area contributed by atoms with Crippen molar-refractivity contribution in [3.05, 3.63) is 53.8 Å². The van der Waals surface area contributed by atoms with Gasteiger partial charge in [-0.1, -0.05) is 49.8 Å². The summed E-state index contributed by atoms with van der Waals surface area (Å²) in [5, 5.41) is 12.1. The molecular formula is C18H25NO3. The van der Waals surface area contributed by atoms with E-state index in [1.807, 2.05) is 43.3 Å². The topological polar surface area (TPSA) is 44.5 Å². The van der Waals surface area contributed by atoms with E-state index in [9.17, 15) is 5.21 Å². The van der Waals surface area contributed by atoms with E-state index >= 15 is 0 Å². The third-order valence-electron chi connectivity index (χ3n) is 4.09. The zero-order valence-corrected chi connectivity index (χ0v) is 13.4. The van der Waals surface area contributed by atoms with E-state index in [1.54, 1.807) is 0 Å². The summed E-state index contributed by atoms with van der Waals surface area (Å²) in [4.78, 5) is 6.05. The van der Waals surface area contributed by atoms with Gasteiger partial charge in [-0.05, 0) is 18.4 Å². The molecule has 0 radical (unpaired) electrons. The molecule has 4 nitrogen and oxygen atoms in total. The number of hydrogen-bond acceptors (Lipinski definition) is 3. The van der Waals surface area contributed by atoms with Gasteiger partial charge >= 0.3 is 0 Å². The van der Waals surface area contributed by atoms with E-state index in [0.717, 1.165) is 24.8 Å². The Morgan fingerprint density at radius 1 is 1.36 bits per heavy atom. The maximum atomic E-state index is 12.1. The average Bonchev–Trinajstić information content (AvgIpc) is 2.53. The van der Waals surface area contributed by atoms with Gasteiger partial charge < -0.3 is 9.57 Å². The fraction of sp³-hybridized carbons (Fsp3) is 0.500. The maximum absolute atomic E-state index is 12.1. The van der Waals surface area contributed by atoms with Gasteiger partial charge in [0.2, 0.25) is 5.71 Å². The van der Waals surface area contributed by atoms with Crippen LogP contribution in [0.3, 0.4) is 0 Å². The van der Waals surface area contributed by atoms with E-state index in [1.165, 1.54) is 0 Å². The monoisotopic (exact) mass is 303 g/mol. The predicted molar refractivity (Wildman–Crippen MR) is 87.5 cm³/mol. The number of unbranched alkanes of at least 4 members (excludes halogenated alkanes) is 1. The second-order valence-corrected chi connectivity index (χ2v) is 5.67. The minimum atomic E-state index is -0.532. The van der Waals surface area contributed by atoms with Crippen molar-refractivity contribution < 1.29 is 14.5 Å². The molecule has 2 rings (SSSR count). The Balaban J connectivity index is 2.29. The van der Waals surface area contributed by atoms with Crippen LogP contribution >= 0.6 is 0 Å². The van der Waals surface area contributed by atoms with Crippen molar-refractivity contribution in [1.82, 2.24) is 0 Å². The zero-order valence-electron chi connectivity index (χ0n) is 13.4. The highest BCUT2D eigenvalue weighted by molar-refractivity contribution is 5.85. The van der Waals surface area contributed by atoms with E-state index in [2.05, 4.69) is 13.5 Å². The molecule has 120 valence electrons. The Morgan fingerprint density at radius 2 is 2.09 bits per heavy atom. The predicted octanol–water partition coefficient (Wildman–Crippen LogP) is 4.02. The summed E-state index contributed by atoms with van der Waals surface area (Å²) in [5.74, 6) is 0.0408. The van der Waals surface area contributed by atoms with Crippen LogP contribution in [0.5, 0.6) is 0 Å². The van der Waals surface area contributed by atoms with Crippen molar-refractivity contribution in [3.63, 3.8) is 0 Å². The lowest BCUT2D eigenvalue weighted by molar-refractivity contribution is -0.775. The Morgan fingerprint density at radius 3 is 2.73 bits per heavy atom. The summed E-state index contributed by atoms with van der Waals surface area (Å²) >= 11 is 0. The average molecular weight is 303 g/mol. The molecule has 0 unspecified atom stereocenters. The second-order valence-electron chi connectivity index (χ2n) is 5.67. The molecule has 1 aliphatic rings. The zero-order chi connectivity index (χ0) is 15.9. The SMILES string of the molecule is C=CC[C@H]1[C@H](OCCCC)O[N+]([O-])=C(C)[C@@H]1c1ccccc1. The van der Waals surface area contributed by atoms with Gasteiger partial charge in [0, 0.05) is 24.4 Å². The first-order chi connectivity index (χ1) is 10.7. The summed E-state index contributed by atoms with van der Waals surface area (Å²) in [6, 6.07) is 10.1. The van der Waals surface area contributed by atoms with Crippen LogP contribution in [-0.4, -0.2) is 23.5 Å². The fourth-order valence-corrected chi connectivity index (χ4v) is 2.92. The molecule has 0 bridgehead atoms. The van der Waals surface area contributed by atoms with Crippen LogP contribution in [0.1, 0.15) is 44.6 Å². The number of nitrogens with zero attached hydrogens (tertiary/aromatic N) is 1. The molecule has 3 atom stereocenters. The lowest BCUT2D eigenvalue weighted by atomic mass is 9.80. The molecular weight excluding hydrogens is 278 g/mol. The first-order valence-corrected chi connectivity index (χ1v) is 7.94. The van der Waals surface area contributed by atoms with Gasteiger partial charge in [0.05, 0.1) is 5.92 Å². The van der Waals surface area contributed by atoms with Crippen molar-refractivity contribution >= 4 is 5.71 Å². The van der Waals surface area contributed by atoms with Crippen molar-refractivity contribution in [2.24, 2.45) is 5.92 Å². The molecule has 0 aromatic heterocycles. The normalized spacial score (nSPS) is 24.9. The number of rotatable bonds is 7. The van der Waals surface area contributed by atoms with Crippen LogP contribution < -0.4 is 0 Å². The molecule has 0 spiro atoms. The van der Waals surface area contributed by atoms with Gasteiger partial charge in [-0.2, -0.15) is 0 Å². The standard InChI is InChI=1S/C18H25NO3/c1-4-6-13-21-18-16(10-5-2)17(14(3)19(20)22-18)15-11-8-7-9-12-15/h5,7-9,11-12,16-18H,2,4,6,10,13H2,1,3H3/t16-,17-,18-/m1/s1. The van der Waals surface area contributed by atoms with E-state index < -0.39 is 6.29 Å². The van der Waals surface area contributed by atoms with E-state index in [0.29, 0.717) is 17.2 Å². The molecule has 0 N–H and O–H groups in total. The Bertz CT molecular complexity index is 512. The van der Waals surface area contributed by atoms with Gasteiger partial charge in [0.25, 0.3) is 0 Å². The van der Waals surface area contributed by atoms with E-state index in [-0.39, 0.29) is 11.8 Å². The highest BCUT2D eigenvalue weighted by atomic mass is 16.9. The van der Waals surface area contributed by atoms with Crippen LogP contribution in [0.15, 0.2) is 43.0 Å². The third kappa shape index (κ3) is 3.69. The molecule has 1 aliphatic heterocycles. The van der Waals surface area contributed by atoms with Gasteiger partial charge in [-0.25, -0.2) is 0 Å². The number of ether oxygens (including phenoxy) is 1. The molecule has 0 saturated heterocycles. The molecule has 4 heteroatoms. The van der Waals surface area contributed by atoms with Crippen molar-refractivity contribution in [1.29, 1.82) is 0 Å². The molecule has 1 heterocycles.